The maximum Gasteiger partial charge on any atom is 0.307 e. The van der Waals surface area contributed by atoms with Crippen molar-refractivity contribution in [1.29, 1.82) is 0 Å². The van der Waals surface area contributed by atoms with Gasteiger partial charge in [-0.2, -0.15) is 0 Å². The van der Waals surface area contributed by atoms with Crippen LogP contribution in [0.15, 0.2) is 40.9 Å². The fourth-order valence-electron chi connectivity index (χ4n) is 1.96. The van der Waals surface area contributed by atoms with E-state index in [0.29, 0.717) is 17.4 Å². The Hall–Kier alpha value is -1.52. The highest BCUT2D eigenvalue weighted by Crippen LogP contribution is 2.32. The number of hydrogen-bond acceptors (Lipinski definition) is 2. The number of ether oxygens (including phenoxy) is 1. The second kappa shape index (κ2) is 6.96. The summed E-state index contributed by atoms with van der Waals surface area (Å²) in [5.41, 5.74) is 2.68. The van der Waals surface area contributed by atoms with Gasteiger partial charge in [0.05, 0.1) is 11.4 Å². The zero-order chi connectivity index (χ0) is 15.4. The molecule has 2 rings (SSSR count). The SMILES string of the molecule is Cc1cc(Br)cc(Cl)c1OCc1ccc(CC(=O)O)cc1. The highest BCUT2D eigenvalue weighted by molar-refractivity contribution is 9.10. The number of hydrogen-bond donors (Lipinski definition) is 1. The minimum atomic E-state index is -0.837. The maximum absolute atomic E-state index is 10.6. The van der Waals surface area contributed by atoms with Crippen molar-refractivity contribution >= 4 is 33.5 Å². The molecule has 0 bridgehead atoms. The maximum atomic E-state index is 10.6. The first-order chi connectivity index (χ1) is 9.95. The van der Waals surface area contributed by atoms with E-state index >= 15 is 0 Å². The van der Waals surface area contributed by atoms with E-state index < -0.39 is 5.97 Å². The minimum absolute atomic E-state index is 0.0266. The molecule has 0 aliphatic carbocycles. The van der Waals surface area contributed by atoms with E-state index in [1.54, 1.807) is 18.2 Å². The monoisotopic (exact) mass is 368 g/mol. The van der Waals surface area contributed by atoms with Gasteiger partial charge >= 0.3 is 5.97 Å². The van der Waals surface area contributed by atoms with E-state index in [-0.39, 0.29) is 6.42 Å². The fraction of sp³-hybridized carbons (Fsp3) is 0.188. The van der Waals surface area contributed by atoms with Gasteiger partial charge in [-0.1, -0.05) is 51.8 Å². The lowest BCUT2D eigenvalue weighted by Gasteiger charge is -2.12. The van der Waals surface area contributed by atoms with Gasteiger partial charge in [0.1, 0.15) is 12.4 Å². The summed E-state index contributed by atoms with van der Waals surface area (Å²) < 4.78 is 6.67. The second-order valence-electron chi connectivity index (χ2n) is 4.71. The number of benzene rings is 2. The number of aliphatic carboxylic acids is 1. The molecule has 1 N–H and O–H groups in total. The van der Waals surface area contributed by atoms with Crippen LogP contribution in [0.1, 0.15) is 16.7 Å². The zero-order valence-corrected chi connectivity index (χ0v) is 13.7. The summed E-state index contributed by atoms with van der Waals surface area (Å²) in [6.45, 7) is 2.32. The summed E-state index contributed by atoms with van der Waals surface area (Å²) >= 11 is 9.55. The van der Waals surface area contributed by atoms with E-state index in [1.807, 2.05) is 25.1 Å². The first-order valence-electron chi connectivity index (χ1n) is 6.34. The minimum Gasteiger partial charge on any atom is -0.487 e. The number of rotatable bonds is 5. The van der Waals surface area contributed by atoms with Crippen LogP contribution in [-0.4, -0.2) is 11.1 Å². The van der Waals surface area contributed by atoms with Crippen molar-refractivity contribution < 1.29 is 14.6 Å². The first kappa shape index (κ1) is 15.9. The van der Waals surface area contributed by atoms with E-state index in [4.69, 9.17) is 21.4 Å². The summed E-state index contributed by atoms with van der Waals surface area (Å²) in [6.07, 6.45) is 0.0266. The lowest BCUT2D eigenvalue weighted by Crippen LogP contribution is -2.01. The van der Waals surface area contributed by atoms with Gasteiger partial charge in [-0.3, -0.25) is 4.79 Å². The van der Waals surface area contributed by atoms with Gasteiger partial charge in [-0.15, -0.1) is 0 Å². The molecule has 110 valence electrons. The lowest BCUT2D eigenvalue weighted by atomic mass is 10.1. The van der Waals surface area contributed by atoms with Gasteiger partial charge in [0.2, 0.25) is 0 Å². The molecule has 2 aromatic rings. The highest BCUT2D eigenvalue weighted by atomic mass is 79.9. The summed E-state index contributed by atoms with van der Waals surface area (Å²) in [5, 5.41) is 9.29. The number of aryl methyl sites for hydroxylation is 1. The van der Waals surface area contributed by atoms with Crippen LogP contribution in [0.5, 0.6) is 5.75 Å². The highest BCUT2D eigenvalue weighted by Gasteiger charge is 2.08. The average molecular weight is 370 g/mol. The van der Waals surface area contributed by atoms with Gasteiger partial charge in [0.15, 0.2) is 0 Å². The summed E-state index contributed by atoms with van der Waals surface area (Å²) in [4.78, 5) is 10.6. The molecule has 0 saturated carbocycles. The Morgan fingerprint density at radius 1 is 1.24 bits per heavy atom. The van der Waals surface area contributed by atoms with E-state index in [9.17, 15) is 4.79 Å². The standard InChI is InChI=1S/C16H14BrClO3/c1-10-6-13(17)8-14(18)16(10)21-9-12-4-2-11(3-5-12)7-15(19)20/h2-6,8H,7,9H2,1H3,(H,19,20). The van der Waals surface area contributed by atoms with Crippen molar-refractivity contribution in [2.45, 2.75) is 20.0 Å². The molecule has 0 amide bonds. The molecule has 0 spiro atoms. The average Bonchev–Trinajstić information content (AvgIpc) is 2.38. The molecule has 0 radical (unpaired) electrons. The van der Waals surface area contributed by atoms with Crippen LogP contribution >= 0.6 is 27.5 Å². The Balaban J connectivity index is 2.05. The molecule has 5 heteroatoms. The predicted molar refractivity (Wildman–Crippen MR) is 86.0 cm³/mol. The number of carboxylic acids is 1. The van der Waals surface area contributed by atoms with Gasteiger partial charge in [-0.25, -0.2) is 0 Å². The molecule has 2 aromatic carbocycles. The van der Waals surface area contributed by atoms with E-state index in [1.165, 1.54) is 0 Å². The number of carboxylic acid groups (broad SMARTS) is 1. The molecule has 0 atom stereocenters. The quantitative estimate of drug-likeness (QED) is 0.836. The molecule has 0 heterocycles. The van der Waals surface area contributed by atoms with Crippen molar-refractivity contribution in [3.05, 3.63) is 62.6 Å². The van der Waals surface area contributed by atoms with Crippen molar-refractivity contribution in [2.24, 2.45) is 0 Å². The van der Waals surface area contributed by atoms with Crippen molar-refractivity contribution in [2.75, 3.05) is 0 Å². The molecule has 0 aliphatic rings. The van der Waals surface area contributed by atoms with E-state index in [2.05, 4.69) is 15.9 Å². The third kappa shape index (κ3) is 4.48. The normalized spacial score (nSPS) is 10.4. The molecule has 0 fully saturated rings. The zero-order valence-electron chi connectivity index (χ0n) is 11.4. The molecule has 0 unspecified atom stereocenters. The predicted octanol–water partition coefficient (Wildman–Crippen LogP) is 4.62. The third-order valence-electron chi connectivity index (χ3n) is 2.96. The van der Waals surface area contributed by atoms with Crippen LogP contribution in [-0.2, 0) is 17.8 Å². The fourth-order valence-corrected chi connectivity index (χ4v) is 2.98. The Labute approximate surface area is 136 Å². The summed E-state index contributed by atoms with van der Waals surface area (Å²) in [5.74, 6) is -0.175. The molecule has 0 aliphatic heterocycles. The first-order valence-corrected chi connectivity index (χ1v) is 7.51. The lowest BCUT2D eigenvalue weighted by molar-refractivity contribution is -0.136. The Kier molecular flexibility index (Phi) is 5.26. The molecular weight excluding hydrogens is 356 g/mol. The topological polar surface area (TPSA) is 46.5 Å². The van der Waals surface area contributed by atoms with Crippen LogP contribution in [0, 0.1) is 6.92 Å². The van der Waals surface area contributed by atoms with Crippen LogP contribution in [0.4, 0.5) is 0 Å². The third-order valence-corrected chi connectivity index (χ3v) is 3.69. The van der Waals surface area contributed by atoms with Gasteiger partial charge in [0.25, 0.3) is 0 Å². The number of halogens is 2. The summed E-state index contributed by atoms with van der Waals surface area (Å²) in [7, 11) is 0. The molecule has 21 heavy (non-hydrogen) atoms. The molecule has 0 saturated heterocycles. The smallest absolute Gasteiger partial charge is 0.307 e. The van der Waals surface area contributed by atoms with Crippen molar-refractivity contribution in [3.8, 4) is 5.75 Å². The number of carbonyl (C=O) groups is 1. The second-order valence-corrected chi connectivity index (χ2v) is 6.03. The van der Waals surface area contributed by atoms with Gasteiger partial charge in [0, 0.05) is 4.47 Å². The van der Waals surface area contributed by atoms with Crippen molar-refractivity contribution in [1.82, 2.24) is 0 Å². The van der Waals surface area contributed by atoms with Gasteiger partial charge in [-0.05, 0) is 35.7 Å². The van der Waals surface area contributed by atoms with E-state index in [0.717, 1.165) is 21.2 Å². The van der Waals surface area contributed by atoms with Crippen molar-refractivity contribution in [3.63, 3.8) is 0 Å². The molecular formula is C16H14BrClO3. The van der Waals surface area contributed by atoms with Crippen LogP contribution in [0.3, 0.4) is 0 Å². The van der Waals surface area contributed by atoms with Gasteiger partial charge < -0.3 is 9.84 Å². The summed E-state index contributed by atoms with van der Waals surface area (Å²) in [6, 6.07) is 11.0. The molecule has 3 nitrogen and oxygen atoms in total. The van der Waals surface area contributed by atoms with Crippen LogP contribution in [0.2, 0.25) is 5.02 Å². The molecule has 0 aromatic heterocycles. The Morgan fingerprint density at radius 2 is 1.86 bits per heavy atom. The Bertz CT molecular complexity index is 630. The largest absolute Gasteiger partial charge is 0.487 e. The Morgan fingerprint density at radius 3 is 2.43 bits per heavy atom. The van der Waals surface area contributed by atoms with Crippen LogP contribution in [0.25, 0.3) is 0 Å². The van der Waals surface area contributed by atoms with Crippen LogP contribution < -0.4 is 4.74 Å².